The summed E-state index contributed by atoms with van der Waals surface area (Å²) in [4.78, 5) is 0. The SMILES string of the molecule is CP1(=S)SCCCS1. The van der Waals surface area contributed by atoms with Gasteiger partial charge in [-0.05, 0) is 24.6 Å². The lowest BCUT2D eigenvalue weighted by Crippen LogP contribution is -1.88. The molecule has 8 heavy (non-hydrogen) atoms. The van der Waals surface area contributed by atoms with E-state index in [9.17, 15) is 0 Å². The van der Waals surface area contributed by atoms with Crippen LogP contribution in [0.15, 0.2) is 0 Å². The van der Waals surface area contributed by atoms with Gasteiger partial charge in [-0.2, -0.15) is 0 Å². The van der Waals surface area contributed by atoms with Crippen molar-refractivity contribution in [3.8, 4) is 0 Å². The van der Waals surface area contributed by atoms with Crippen LogP contribution >= 0.6 is 27.2 Å². The van der Waals surface area contributed by atoms with Crippen molar-refractivity contribution in [1.29, 1.82) is 0 Å². The number of hydrogen-bond donors (Lipinski definition) is 0. The highest BCUT2D eigenvalue weighted by atomic mass is 33.2. The Labute approximate surface area is 63.7 Å². The van der Waals surface area contributed by atoms with Crippen molar-refractivity contribution in [3.05, 3.63) is 0 Å². The minimum atomic E-state index is -0.920. The molecule has 0 bridgehead atoms. The lowest BCUT2D eigenvalue weighted by molar-refractivity contribution is 1.13. The summed E-state index contributed by atoms with van der Waals surface area (Å²) in [7, 11) is 0. The largest absolute Gasteiger partial charge is 0.114 e. The molecule has 0 amide bonds. The molecule has 4 heteroatoms. The lowest BCUT2D eigenvalue weighted by Gasteiger charge is -2.19. The number of hydrogen-bond acceptors (Lipinski definition) is 3. The zero-order chi connectivity index (χ0) is 6.04. The van der Waals surface area contributed by atoms with E-state index in [1.165, 1.54) is 17.9 Å². The lowest BCUT2D eigenvalue weighted by atomic mass is 10.6. The smallest absolute Gasteiger partial charge is 0.0542 e. The predicted octanol–water partition coefficient (Wildman–Crippen LogP) is 2.80. The Hall–Kier alpha value is 1.35. The van der Waals surface area contributed by atoms with Crippen LogP contribution in [0.4, 0.5) is 0 Å². The van der Waals surface area contributed by atoms with Crippen LogP contribution in [0.1, 0.15) is 6.42 Å². The van der Waals surface area contributed by atoms with E-state index in [2.05, 4.69) is 6.66 Å². The highest BCUT2D eigenvalue weighted by molar-refractivity contribution is 9.00. The first kappa shape index (κ1) is 7.46. The highest BCUT2D eigenvalue weighted by Crippen LogP contribution is 2.68. The van der Waals surface area contributed by atoms with Crippen LogP contribution in [-0.4, -0.2) is 18.2 Å². The minimum absolute atomic E-state index is 0.920. The van der Waals surface area contributed by atoms with E-state index in [0.29, 0.717) is 0 Å². The first-order chi connectivity index (χ1) is 3.71. The van der Waals surface area contributed by atoms with E-state index in [0.717, 1.165) is 0 Å². The normalized spacial score (nSPS) is 27.6. The molecule has 1 heterocycles. The molecule has 1 saturated heterocycles. The molecule has 0 aromatic heterocycles. The Bertz CT molecular complexity index is 112. The fourth-order valence-electron chi connectivity index (χ4n) is 0.557. The summed E-state index contributed by atoms with van der Waals surface area (Å²) in [6, 6.07) is 0. The van der Waals surface area contributed by atoms with Crippen molar-refractivity contribution >= 4 is 39.0 Å². The summed E-state index contributed by atoms with van der Waals surface area (Å²) in [6.07, 6.45) is 1.36. The molecule has 1 fully saturated rings. The molecule has 0 atom stereocenters. The first-order valence-electron chi connectivity index (χ1n) is 2.57. The third kappa shape index (κ3) is 2.30. The average molecular weight is 184 g/mol. The van der Waals surface area contributed by atoms with Gasteiger partial charge in [0.2, 0.25) is 0 Å². The van der Waals surface area contributed by atoms with E-state index < -0.39 is 4.44 Å². The van der Waals surface area contributed by atoms with Crippen molar-refractivity contribution in [2.75, 3.05) is 18.2 Å². The summed E-state index contributed by atoms with van der Waals surface area (Å²) in [5, 5.41) is 0. The van der Waals surface area contributed by atoms with Gasteiger partial charge >= 0.3 is 0 Å². The molecule has 0 radical (unpaired) electrons. The van der Waals surface area contributed by atoms with Crippen LogP contribution in [0.25, 0.3) is 0 Å². The summed E-state index contributed by atoms with van der Waals surface area (Å²) < 4.78 is -0.920. The van der Waals surface area contributed by atoms with Gasteiger partial charge in [-0.25, -0.2) is 0 Å². The van der Waals surface area contributed by atoms with Crippen LogP contribution in [0.3, 0.4) is 0 Å². The van der Waals surface area contributed by atoms with Crippen molar-refractivity contribution in [3.63, 3.8) is 0 Å². The van der Waals surface area contributed by atoms with Gasteiger partial charge < -0.3 is 0 Å². The molecule has 0 N–H and O–H groups in total. The molecule has 1 aliphatic rings. The Kier molecular flexibility index (Phi) is 2.76. The van der Waals surface area contributed by atoms with Gasteiger partial charge in [0, 0.05) is 0 Å². The van der Waals surface area contributed by atoms with E-state index in [1.807, 2.05) is 22.8 Å². The monoisotopic (exact) mass is 184 g/mol. The second-order valence-corrected chi connectivity index (χ2v) is 14.9. The molecule has 0 aliphatic carbocycles. The van der Waals surface area contributed by atoms with Crippen molar-refractivity contribution < 1.29 is 0 Å². The third-order valence-corrected chi connectivity index (χ3v) is 10.5. The zero-order valence-corrected chi connectivity index (χ0v) is 8.14. The molecule has 1 aliphatic heterocycles. The quantitative estimate of drug-likeness (QED) is 0.531. The summed E-state index contributed by atoms with van der Waals surface area (Å²) in [5.74, 6) is 2.61. The zero-order valence-electron chi connectivity index (χ0n) is 4.79. The summed E-state index contributed by atoms with van der Waals surface area (Å²) in [5.41, 5.74) is 0. The molecule has 1 rings (SSSR count). The first-order valence-corrected chi connectivity index (χ1v) is 9.00. The Morgan fingerprint density at radius 1 is 1.38 bits per heavy atom. The molecule has 0 spiro atoms. The molecule has 0 nitrogen and oxygen atoms in total. The van der Waals surface area contributed by atoms with E-state index in [-0.39, 0.29) is 0 Å². The maximum atomic E-state index is 5.33. The highest BCUT2D eigenvalue weighted by Gasteiger charge is 2.14. The maximum absolute atomic E-state index is 5.33. The second-order valence-electron chi connectivity index (χ2n) is 1.79. The third-order valence-electron chi connectivity index (χ3n) is 0.940. The van der Waals surface area contributed by atoms with Gasteiger partial charge in [-0.3, -0.25) is 0 Å². The fourth-order valence-corrected chi connectivity index (χ4v) is 8.37. The standard InChI is InChI=1S/C4H9PS3/c1-5(6)7-3-2-4-8-5/h2-4H2,1H3. The van der Waals surface area contributed by atoms with Gasteiger partial charge in [0.15, 0.2) is 0 Å². The van der Waals surface area contributed by atoms with E-state index in [4.69, 9.17) is 11.8 Å². The van der Waals surface area contributed by atoms with Gasteiger partial charge in [-0.15, -0.1) is 22.8 Å². The fraction of sp³-hybridized carbons (Fsp3) is 1.00. The summed E-state index contributed by atoms with van der Waals surface area (Å²) >= 11 is 9.35. The second kappa shape index (κ2) is 2.96. The maximum Gasteiger partial charge on any atom is 0.0542 e. The van der Waals surface area contributed by atoms with Crippen molar-refractivity contribution in [1.82, 2.24) is 0 Å². The molecule has 0 unspecified atom stereocenters. The van der Waals surface area contributed by atoms with Gasteiger partial charge in [0.25, 0.3) is 0 Å². The van der Waals surface area contributed by atoms with Gasteiger partial charge in [-0.1, -0.05) is 11.8 Å². The van der Waals surface area contributed by atoms with E-state index in [1.54, 1.807) is 0 Å². The van der Waals surface area contributed by atoms with Crippen molar-refractivity contribution in [2.24, 2.45) is 0 Å². The molecule has 0 aromatic carbocycles. The Balaban J connectivity index is 2.45. The minimum Gasteiger partial charge on any atom is -0.114 e. The van der Waals surface area contributed by atoms with Gasteiger partial charge in [0.05, 0.1) is 4.44 Å². The molecule has 48 valence electrons. The topological polar surface area (TPSA) is 0 Å². The summed E-state index contributed by atoms with van der Waals surface area (Å²) in [6.45, 7) is 2.23. The molecular formula is C4H9PS3. The van der Waals surface area contributed by atoms with Gasteiger partial charge in [0.1, 0.15) is 0 Å². The van der Waals surface area contributed by atoms with Crippen LogP contribution in [0, 0.1) is 0 Å². The van der Waals surface area contributed by atoms with E-state index >= 15 is 0 Å². The number of rotatable bonds is 0. The van der Waals surface area contributed by atoms with Crippen molar-refractivity contribution in [2.45, 2.75) is 6.42 Å². The Morgan fingerprint density at radius 3 is 2.12 bits per heavy atom. The Morgan fingerprint density at radius 2 is 1.88 bits per heavy atom. The molecule has 0 saturated carbocycles. The van der Waals surface area contributed by atoms with Crippen LogP contribution in [0.2, 0.25) is 0 Å². The predicted molar refractivity (Wildman–Crippen MR) is 49.7 cm³/mol. The average Bonchev–Trinajstić information content (AvgIpc) is 1.65. The van der Waals surface area contributed by atoms with Crippen LogP contribution < -0.4 is 0 Å². The van der Waals surface area contributed by atoms with Crippen LogP contribution in [-0.2, 0) is 11.8 Å². The molecular weight excluding hydrogens is 175 g/mol. The molecule has 0 aromatic rings. The van der Waals surface area contributed by atoms with Crippen LogP contribution in [0.5, 0.6) is 0 Å².